The zero-order valence-electron chi connectivity index (χ0n) is 11.5. The van der Waals surface area contributed by atoms with E-state index in [1.807, 2.05) is 30.3 Å². The van der Waals surface area contributed by atoms with Crippen molar-refractivity contribution in [2.75, 3.05) is 6.54 Å². The van der Waals surface area contributed by atoms with Crippen molar-refractivity contribution < 1.29 is 9.59 Å². The van der Waals surface area contributed by atoms with E-state index in [9.17, 15) is 9.59 Å². The number of benzene rings is 1. The number of hydrogen-bond donors (Lipinski definition) is 3. The van der Waals surface area contributed by atoms with Gasteiger partial charge in [0.1, 0.15) is 6.04 Å². The number of nitrogens with two attached hydrogens (primary N) is 1. The quantitative estimate of drug-likeness (QED) is 0.724. The molecule has 1 aliphatic heterocycles. The zero-order chi connectivity index (χ0) is 14.4. The van der Waals surface area contributed by atoms with Crippen LogP contribution >= 0.6 is 0 Å². The standard InChI is InChI=1S/C15H21N3O2/c16-12(9-8-11-5-2-1-3-6-11)14(19)18-13-7-4-10-17-15(13)20/h1-3,5-6,12-13H,4,7-10,16H2,(H,17,20)(H,18,19). The van der Waals surface area contributed by atoms with E-state index in [2.05, 4.69) is 10.6 Å². The minimum Gasteiger partial charge on any atom is -0.354 e. The highest BCUT2D eigenvalue weighted by atomic mass is 16.2. The van der Waals surface area contributed by atoms with Gasteiger partial charge in [0.05, 0.1) is 6.04 Å². The number of rotatable bonds is 5. The predicted molar refractivity (Wildman–Crippen MR) is 76.9 cm³/mol. The SMILES string of the molecule is NC(CCc1ccccc1)C(=O)NC1CCCNC1=O. The minimum atomic E-state index is -0.579. The molecule has 2 amide bonds. The third kappa shape index (κ3) is 4.06. The van der Waals surface area contributed by atoms with E-state index in [0.29, 0.717) is 19.4 Å². The first-order chi connectivity index (χ1) is 9.66. The number of amides is 2. The highest BCUT2D eigenvalue weighted by molar-refractivity contribution is 5.90. The summed E-state index contributed by atoms with van der Waals surface area (Å²) in [6.07, 6.45) is 2.90. The Bertz CT molecular complexity index is 461. The predicted octanol–water partition coefficient (Wildman–Crippen LogP) is 0.341. The molecular formula is C15H21N3O2. The Labute approximate surface area is 118 Å². The summed E-state index contributed by atoms with van der Waals surface area (Å²) in [6, 6.07) is 8.90. The summed E-state index contributed by atoms with van der Waals surface area (Å²) in [7, 11) is 0. The smallest absolute Gasteiger partial charge is 0.242 e. The van der Waals surface area contributed by atoms with Crippen LogP contribution in [0.25, 0.3) is 0 Å². The van der Waals surface area contributed by atoms with E-state index in [-0.39, 0.29) is 11.8 Å². The second-order valence-corrected chi connectivity index (χ2v) is 5.13. The van der Waals surface area contributed by atoms with Crippen LogP contribution in [-0.4, -0.2) is 30.4 Å². The lowest BCUT2D eigenvalue weighted by Crippen LogP contribution is -2.53. The molecule has 2 rings (SSSR count). The van der Waals surface area contributed by atoms with Crippen molar-refractivity contribution >= 4 is 11.8 Å². The summed E-state index contributed by atoms with van der Waals surface area (Å²) in [5, 5.41) is 5.47. The third-order valence-corrected chi connectivity index (χ3v) is 3.53. The van der Waals surface area contributed by atoms with E-state index in [4.69, 9.17) is 5.73 Å². The normalized spacial score (nSPS) is 20.1. The monoisotopic (exact) mass is 275 g/mol. The van der Waals surface area contributed by atoms with Gasteiger partial charge >= 0.3 is 0 Å². The van der Waals surface area contributed by atoms with Gasteiger partial charge in [0.25, 0.3) is 0 Å². The number of carbonyl (C=O) groups excluding carboxylic acids is 2. The Morgan fingerprint density at radius 2 is 2.15 bits per heavy atom. The summed E-state index contributed by atoms with van der Waals surface area (Å²) in [6.45, 7) is 0.686. The lowest BCUT2D eigenvalue weighted by molar-refractivity contribution is -0.130. The molecule has 2 atom stereocenters. The van der Waals surface area contributed by atoms with E-state index in [0.717, 1.165) is 18.4 Å². The van der Waals surface area contributed by atoms with Gasteiger partial charge in [-0.3, -0.25) is 9.59 Å². The summed E-state index contributed by atoms with van der Waals surface area (Å²) in [5.74, 6) is -0.358. The third-order valence-electron chi connectivity index (χ3n) is 3.53. The maximum Gasteiger partial charge on any atom is 0.242 e. The van der Waals surface area contributed by atoms with Crippen LogP contribution in [0.5, 0.6) is 0 Å². The van der Waals surface area contributed by atoms with Crippen LogP contribution in [0.15, 0.2) is 30.3 Å². The molecule has 2 unspecified atom stereocenters. The number of aryl methyl sites for hydroxylation is 1. The topological polar surface area (TPSA) is 84.2 Å². The number of nitrogens with one attached hydrogen (secondary N) is 2. The molecule has 1 saturated heterocycles. The van der Waals surface area contributed by atoms with E-state index in [1.54, 1.807) is 0 Å². The van der Waals surface area contributed by atoms with Crippen molar-refractivity contribution in [2.24, 2.45) is 5.73 Å². The summed E-state index contributed by atoms with van der Waals surface area (Å²) >= 11 is 0. The summed E-state index contributed by atoms with van der Waals surface area (Å²) in [5.41, 5.74) is 7.04. The first kappa shape index (κ1) is 14.5. The number of hydrogen-bond acceptors (Lipinski definition) is 3. The second-order valence-electron chi connectivity index (χ2n) is 5.13. The van der Waals surface area contributed by atoms with Gasteiger partial charge < -0.3 is 16.4 Å². The molecule has 1 aliphatic rings. The molecule has 5 nitrogen and oxygen atoms in total. The van der Waals surface area contributed by atoms with Gasteiger partial charge in [0.15, 0.2) is 0 Å². The van der Waals surface area contributed by atoms with Gasteiger partial charge in [-0.05, 0) is 31.2 Å². The van der Waals surface area contributed by atoms with Gasteiger partial charge in [-0.2, -0.15) is 0 Å². The van der Waals surface area contributed by atoms with Crippen molar-refractivity contribution in [1.82, 2.24) is 10.6 Å². The molecule has 108 valence electrons. The molecule has 0 radical (unpaired) electrons. The fourth-order valence-electron chi connectivity index (χ4n) is 2.29. The molecule has 4 N–H and O–H groups in total. The van der Waals surface area contributed by atoms with Crippen LogP contribution in [0.3, 0.4) is 0 Å². The Morgan fingerprint density at radius 3 is 2.85 bits per heavy atom. The molecule has 0 aliphatic carbocycles. The lowest BCUT2D eigenvalue weighted by atomic mass is 10.0. The van der Waals surface area contributed by atoms with E-state index >= 15 is 0 Å². The van der Waals surface area contributed by atoms with Crippen LogP contribution in [0.1, 0.15) is 24.8 Å². The Kier molecular flexibility index (Phi) is 5.12. The first-order valence-corrected chi connectivity index (χ1v) is 7.04. The lowest BCUT2D eigenvalue weighted by Gasteiger charge is -2.24. The maximum absolute atomic E-state index is 12.0. The zero-order valence-corrected chi connectivity index (χ0v) is 11.5. The molecular weight excluding hydrogens is 254 g/mol. The number of piperidine rings is 1. The fourth-order valence-corrected chi connectivity index (χ4v) is 2.29. The fraction of sp³-hybridized carbons (Fsp3) is 0.467. The van der Waals surface area contributed by atoms with Crippen molar-refractivity contribution in [1.29, 1.82) is 0 Å². The Balaban J connectivity index is 1.78. The average Bonchev–Trinajstić information content (AvgIpc) is 2.48. The molecule has 0 saturated carbocycles. The largest absolute Gasteiger partial charge is 0.354 e. The van der Waals surface area contributed by atoms with E-state index < -0.39 is 12.1 Å². The van der Waals surface area contributed by atoms with Gasteiger partial charge in [-0.15, -0.1) is 0 Å². The second kappa shape index (κ2) is 7.05. The van der Waals surface area contributed by atoms with Gasteiger partial charge in [-0.25, -0.2) is 0 Å². The molecule has 1 aromatic carbocycles. The molecule has 20 heavy (non-hydrogen) atoms. The van der Waals surface area contributed by atoms with Gasteiger partial charge in [0, 0.05) is 6.54 Å². The van der Waals surface area contributed by atoms with Crippen molar-refractivity contribution in [3.05, 3.63) is 35.9 Å². The molecule has 0 aromatic heterocycles. The van der Waals surface area contributed by atoms with Gasteiger partial charge in [-0.1, -0.05) is 30.3 Å². The van der Waals surface area contributed by atoms with Crippen molar-refractivity contribution in [3.63, 3.8) is 0 Å². The van der Waals surface area contributed by atoms with Crippen LogP contribution in [-0.2, 0) is 16.0 Å². The molecule has 1 heterocycles. The summed E-state index contributed by atoms with van der Waals surface area (Å²) in [4.78, 5) is 23.5. The Hall–Kier alpha value is -1.88. The molecule has 5 heteroatoms. The Morgan fingerprint density at radius 1 is 1.40 bits per heavy atom. The van der Waals surface area contributed by atoms with Gasteiger partial charge in [0.2, 0.25) is 11.8 Å². The van der Waals surface area contributed by atoms with Crippen LogP contribution in [0, 0.1) is 0 Å². The van der Waals surface area contributed by atoms with E-state index in [1.165, 1.54) is 0 Å². The van der Waals surface area contributed by atoms with Crippen LogP contribution in [0.2, 0.25) is 0 Å². The average molecular weight is 275 g/mol. The van der Waals surface area contributed by atoms with Crippen LogP contribution < -0.4 is 16.4 Å². The summed E-state index contributed by atoms with van der Waals surface area (Å²) < 4.78 is 0. The van der Waals surface area contributed by atoms with Crippen molar-refractivity contribution in [3.8, 4) is 0 Å². The number of carbonyl (C=O) groups is 2. The highest BCUT2D eigenvalue weighted by Gasteiger charge is 2.25. The molecule has 1 aromatic rings. The maximum atomic E-state index is 12.0. The minimum absolute atomic E-state index is 0.111. The first-order valence-electron chi connectivity index (χ1n) is 7.04. The molecule has 1 fully saturated rings. The highest BCUT2D eigenvalue weighted by Crippen LogP contribution is 2.06. The molecule has 0 spiro atoms. The molecule has 0 bridgehead atoms. The van der Waals surface area contributed by atoms with Crippen LogP contribution in [0.4, 0.5) is 0 Å². The van der Waals surface area contributed by atoms with Crippen molar-refractivity contribution in [2.45, 2.75) is 37.8 Å².